The standard InChI is InChI=1S/C43H41N5O12/c44-42-46-39-30(40(56)47-42)45-20-48(39)28-11-5-4-8-23(28)22-13-17-58-43(14-6-1-7-15-43)38-34(54)33(53)35(55)41(60-38)59-36-26(22)18-27-29(37(36)57-19-21(50)12-16-49)32(52)25-10-3-2-9-24(25)31(27)51/h2-5,8-11,13,16-18,21-22,33-35,38,41,50,53-55H,1,6-7,12,14-15,19-20H2,(H2,44,47,56)/b17-13-/t21-,22+,33-,34-,35+,38-,41+/m1/s1. The maximum atomic E-state index is 14.5. The van der Waals surface area contributed by atoms with E-state index < -0.39 is 72.4 Å². The third-order valence-electron chi connectivity index (χ3n) is 11.9. The van der Waals surface area contributed by atoms with Crippen LogP contribution in [0.2, 0.25) is 0 Å². The molecule has 1 saturated heterocycles. The molecular formula is C43H41N5O12. The molecule has 6 aliphatic rings. The van der Waals surface area contributed by atoms with E-state index in [1.165, 1.54) is 24.5 Å². The highest BCUT2D eigenvalue weighted by Crippen LogP contribution is 2.50. The number of allylic oxidation sites excluding steroid dienone is 1. The summed E-state index contributed by atoms with van der Waals surface area (Å²) in [7, 11) is 0. The molecule has 310 valence electrons. The molecule has 3 aromatic rings. The van der Waals surface area contributed by atoms with Crippen LogP contribution in [0.1, 0.15) is 87.4 Å². The number of amidine groups is 1. The number of aliphatic imine (C=N–C) groups is 3. The number of ether oxygens (including phenoxy) is 4. The number of para-hydroxylation sites is 1. The fourth-order valence-electron chi connectivity index (χ4n) is 8.98. The van der Waals surface area contributed by atoms with Gasteiger partial charge in [0.15, 0.2) is 34.6 Å². The minimum Gasteiger partial charge on any atom is -0.492 e. The van der Waals surface area contributed by atoms with Gasteiger partial charge >= 0.3 is 5.91 Å². The molecule has 3 aromatic carbocycles. The second kappa shape index (κ2) is 15.5. The SMILES string of the molecule is NC1=NC(=O)C2=NCN(c3ccccc3[C@@H]3/C=C\OC4(CCCCC4)[C@@H]4O[C@H](Oc5c3cc3c(c5OC[C@H](O)CC=O)C(=O)c5ccccc5C3=O)[C@@H](O)[C@H](O)[C@H]4O)C2=N1. The molecule has 9 rings (SSSR count). The Morgan fingerprint density at radius 1 is 0.917 bits per heavy atom. The molecule has 60 heavy (non-hydrogen) atoms. The molecule has 1 saturated carbocycles. The van der Waals surface area contributed by atoms with Gasteiger partial charge in [0.1, 0.15) is 49.6 Å². The number of aliphatic hydroxyl groups excluding tert-OH is 4. The lowest BCUT2D eigenvalue weighted by molar-refractivity contribution is -0.308. The Morgan fingerprint density at radius 3 is 2.42 bits per heavy atom. The molecule has 1 amide bonds. The number of carbonyl (C=O) groups is 4. The number of nitrogens with two attached hydrogens (primary N) is 1. The molecule has 0 unspecified atom stereocenters. The number of hydrogen-bond acceptors (Lipinski definition) is 16. The first kappa shape index (κ1) is 39.4. The molecule has 7 atom stereocenters. The van der Waals surface area contributed by atoms with Gasteiger partial charge in [-0.05, 0) is 49.5 Å². The van der Waals surface area contributed by atoms with Crippen LogP contribution >= 0.6 is 0 Å². The van der Waals surface area contributed by atoms with Gasteiger partial charge in [0, 0.05) is 40.3 Å². The van der Waals surface area contributed by atoms with Crippen molar-refractivity contribution in [3.05, 3.63) is 100 Å². The molecule has 17 heteroatoms. The number of fused-ring (bicyclic) bond motifs is 7. The van der Waals surface area contributed by atoms with Gasteiger partial charge in [-0.25, -0.2) is 0 Å². The highest BCUT2D eigenvalue weighted by Gasteiger charge is 2.56. The quantitative estimate of drug-likeness (QED) is 0.167. The number of aliphatic hydroxyl groups is 4. The number of benzene rings is 3. The average molecular weight is 820 g/mol. The molecular weight excluding hydrogens is 778 g/mol. The first-order valence-electron chi connectivity index (χ1n) is 19.7. The fourth-order valence-corrected chi connectivity index (χ4v) is 8.98. The summed E-state index contributed by atoms with van der Waals surface area (Å²) in [6.45, 7) is -0.560. The van der Waals surface area contributed by atoms with Crippen molar-refractivity contribution in [2.75, 3.05) is 18.2 Å². The minimum absolute atomic E-state index is 0.0141. The van der Waals surface area contributed by atoms with Crippen LogP contribution in [0.4, 0.5) is 5.69 Å². The largest absolute Gasteiger partial charge is 0.492 e. The topological polar surface area (TPSA) is 252 Å². The zero-order valence-electron chi connectivity index (χ0n) is 32.0. The number of ketones is 2. The van der Waals surface area contributed by atoms with Crippen LogP contribution in [0.15, 0.2) is 81.9 Å². The summed E-state index contributed by atoms with van der Waals surface area (Å²) in [5.41, 5.74) is 5.94. The van der Waals surface area contributed by atoms with Crippen molar-refractivity contribution in [3.8, 4) is 11.5 Å². The molecule has 4 aliphatic heterocycles. The van der Waals surface area contributed by atoms with Gasteiger partial charge in [-0.15, -0.1) is 0 Å². The maximum absolute atomic E-state index is 14.5. The Balaban J connectivity index is 1.31. The summed E-state index contributed by atoms with van der Waals surface area (Å²) in [5, 5.41) is 45.1. The van der Waals surface area contributed by atoms with E-state index >= 15 is 0 Å². The normalized spacial score (nSPS) is 27.6. The predicted octanol–water partition coefficient (Wildman–Crippen LogP) is 1.83. The number of nitrogens with zero attached hydrogens (tertiary/aromatic N) is 4. The van der Waals surface area contributed by atoms with Crippen molar-refractivity contribution < 1.29 is 58.6 Å². The zero-order chi connectivity index (χ0) is 41.9. The van der Waals surface area contributed by atoms with Gasteiger partial charge in [-0.2, -0.15) is 9.98 Å². The van der Waals surface area contributed by atoms with Crippen LogP contribution in [-0.2, 0) is 19.1 Å². The number of carbonyl (C=O) groups excluding carboxylic acids is 4. The number of hydrogen-bond donors (Lipinski definition) is 5. The van der Waals surface area contributed by atoms with Gasteiger partial charge in [0.2, 0.25) is 12.2 Å². The van der Waals surface area contributed by atoms with Crippen LogP contribution in [0, 0.1) is 0 Å². The number of anilines is 1. The van der Waals surface area contributed by atoms with Crippen LogP contribution in [0.5, 0.6) is 11.5 Å². The lowest BCUT2D eigenvalue weighted by atomic mass is 9.76. The minimum atomic E-state index is -1.85. The summed E-state index contributed by atoms with van der Waals surface area (Å²) < 4.78 is 26.0. The second-order valence-electron chi connectivity index (χ2n) is 15.5. The van der Waals surface area contributed by atoms with E-state index in [4.69, 9.17) is 24.7 Å². The van der Waals surface area contributed by atoms with Crippen molar-refractivity contribution in [1.82, 2.24) is 0 Å². The first-order valence-corrected chi connectivity index (χ1v) is 19.7. The van der Waals surface area contributed by atoms with Crippen molar-refractivity contribution in [3.63, 3.8) is 0 Å². The average Bonchev–Trinajstić information content (AvgIpc) is 3.67. The Hall–Kier alpha value is -6.11. The summed E-state index contributed by atoms with van der Waals surface area (Å²) in [5.74, 6) is -3.32. The number of rotatable bonds is 7. The van der Waals surface area contributed by atoms with E-state index in [2.05, 4.69) is 15.0 Å². The first-order chi connectivity index (χ1) is 29.0. The van der Waals surface area contributed by atoms with Gasteiger partial charge in [0.25, 0.3) is 0 Å². The van der Waals surface area contributed by atoms with E-state index in [1.54, 1.807) is 47.4 Å². The second-order valence-corrected chi connectivity index (χ2v) is 15.5. The molecule has 17 nitrogen and oxygen atoms in total. The molecule has 6 N–H and O–H groups in total. The van der Waals surface area contributed by atoms with Crippen molar-refractivity contribution in [2.45, 2.75) is 86.9 Å². The van der Waals surface area contributed by atoms with Crippen LogP contribution in [-0.4, -0.2) is 117 Å². The smallest absolute Gasteiger partial charge is 0.302 e. The lowest BCUT2D eigenvalue weighted by Crippen LogP contribution is -2.66. The summed E-state index contributed by atoms with van der Waals surface area (Å²) in [4.78, 5) is 67.5. The highest BCUT2D eigenvalue weighted by atomic mass is 16.7. The molecule has 2 fully saturated rings. The Kier molecular flexibility index (Phi) is 10.2. The maximum Gasteiger partial charge on any atom is 0.302 e. The number of amides is 1. The Morgan fingerprint density at radius 2 is 1.65 bits per heavy atom. The summed E-state index contributed by atoms with van der Waals surface area (Å²) >= 11 is 0. The van der Waals surface area contributed by atoms with E-state index in [1.807, 2.05) is 0 Å². The van der Waals surface area contributed by atoms with E-state index in [0.29, 0.717) is 43.2 Å². The van der Waals surface area contributed by atoms with Gasteiger partial charge in [-0.1, -0.05) is 48.9 Å². The van der Waals surface area contributed by atoms with Crippen LogP contribution in [0.3, 0.4) is 0 Å². The zero-order valence-corrected chi connectivity index (χ0v) is 32.0. The number of aldehydes is 1. The van der Waals surface area contributed by atoms with Crippen LogP contribution in [0.25, 0.3) is 0 Å². The summed E-state index contributed by atoms with van der Waals surface area (Å²) in [6, 6.07) is 14.9. The van der Waals surface area contributed by atoms with E-state index in [9.17, 15) is 39.6 Å². The highest BCUT2D eigenvalue weighted by molar-refractivity contribution is 6.72. The monoisotopic (exact) mass is 819 g/mol. The van der Waals surface area contributed by atoms with Gasteiger partial charge in [-0.3, -0.25) is 19.4 Å². The molecule has 4 heterocycles. The van der Waals surface area contributed by atoms with E-state index in [-0.39, 0.29) is 69.9 Å². The van der Waals surface area contributed by atoms with Gasteiger partial charge < -0.3 is 54.8 Å². The van der Waals surface area contributed by atoms with Crippen LogP contribution < -0.4 is 20.1 Å². The molecule has 0 radical (unpaired) electrons. The molecule has 0 aromatic heterocycles. The van der Waals surface area contributed by atoms with Crippen molar-refractivity contribution in [1.29, 1.82) is 0 Å². The Labute approximate surface area is 342 Å². The van der Waals surface area contributed by atoms with Gasteiger partial charge in [0.05, 0.1) is 17.9 Å². The third kappa shape index (κ3) is 6.49. The van der Waals surface area contributed by atoms with Crippen molar-refractivity contribution >= 4 is 47.0 Å². The molecule has 2 bridgehead atoms. The van der Waals surface area contributed by atoms with Crippen molar-refractivity contribution in [2.24, 2.45) is 20.7 Å². The molecule has 2 aliphatic carbocycles. The number of guanidine groups is 1. The fraction of sp³-hybridized carbons (Fsp3) is 0.372. The molecule has 1 spiro atoms. The van der Waals surface area contributed by atoms with E-state index in [0.717, 1.165) is 6.42 Å². The third-order valence-corrected chi connectivity index (χ3v) is 11.9. The predicted molar refractivity (Wildman–Crippen MR) is 212 cm³/mol. The Bertz CT molecular complexity index is 2420. The lowest BCUT2D eigenvalue weighted by Gasteiger charge is -2.49. The summed E-state index contributed by atoms with van der Waals surface area (Å²) in [6.07, 6.45) is -2.96.